The standard InChI is InChI=1S/C14H13F3O4/c1-20-12(19)13(7-6-10(18)8-13)9-2-4-11(5-3-9)21-14(15,16)17/h2-5H,6-8H2,1H3. The highest BCUT2D eigenvalue weighted by Gasteiger charge is 2.47. The van der Waals surface area contributed by atoms with Crippen LogP contribution in [-0.4, -0.2) is 25.2 Å². The van der Waals surface area contributed by atoms with Crippen molar-refractivity contribution in [2.75, 3.05) is 7.11 Å². The molecule has 4 nitrogen and oxygen atoms in total. The van der Waals surface area contributed by atoms with Gasteiger partial charge in [-0.15, -0.1) is 13.2 Å². The van der Waals surface area contributed by atoms with E-state index in [1.807, 2.05) is 0 Å². The zero-order valence-corrected chi connectivity index (χ0v) is 11.2. The molecule has 114 valence electrons. The van der Waals surface area contributed by atoms with Crippen molar-refractivity contribution in [3.05, 3.63) is 29.8 Å². The van der Waals surface area contributed by atoms with Gasteiger partial charge in [0.25, 0.3) is 0 Å². The number of rotatable bonds is 3. The quantitative estimate of drug-likeness (QED) is 0.806. The first-order valence-electron chi connectivity index (χ1n) is 6.23. The molecule has 0 heterocycles. The summed E-state index contributed by atoms with van der Waals surface area (Å²) in [5, 5.41) is 0. The number of ether oxygens (including phenoxy) is 2. The van der Waals surface area contributed by atoms with Gasteiger partial charge < -0.3 is 9.47 Å². The molecule has 1 aliphatic rings. The minimum atomic E-state index is -4.77. The van der Waals surface area contributed by atoms with Gasteiger partial charge in [0.05, 0.1) is 7.11 Å². The Hall–Kier alpha value is -2.05. The summed E-state index contributed by atoms with van der Waals surface area (Å²) in [6.07, 6.45) is -4.24. The Bertz CT molecular complexity index is 550. The first-order chi connectivity index (χ1) is 9.77. The van der Waals surface area contributed by atoms with Gasteiger partial charge in [0, 0.05) is 12.8 Å². The number of halogens is 3. The monoisotopic (exact) mass is 302 g/mol. The lowest BCUT2D eigenvalue weighted by atomic mass is 9.79. The third kappa shape index (κ3) is 3.17. The van der Waals surface area contributed by atoms with E-state index in [2.05, 4.69) is 4.74 Å². The summed E-state index contributed by atoms with van der Waals surface area (Å²) in [5.41, 5.74) is -0.655. The van der Waals surface area contributed by atoms with Crippen molar-refractivity contribution in [1.82, 2.24) is 0 Å². The van der Waals surface area contributed by atoms with Gasteiger partial charge in [-0.3, -0.25) is 9.59 Å². The molecule has 0 amide bonds. The van der Waals surface area contributed by atoms with Crippen LogP contribution in [0.3, 0.4) is 0 Å². The van der Waals surface area contributed by atoms with Gasteiger partial charge in [0.15, 0.2) is 0 Å². The maximum Gasteiger partial charge on any atom is 0.573 e. The molecule has 1 saturated carbocycles. The lowest BCUT2D eigenvalue weighted by molar-refractivity contribution is -0.274. The van der Waals surface area contributed by atoms with Crippen molar-refractivity contribution in [3.63, 3.8) is 0 Å². The predicted octanol–water partition coefficient (Wildman–Crippen LogP) is 2.75. The van der Waals surface area contributed by atoms with Crippen LogP contribution in [-0.2, 0) is 19.7 Å². The van der Waals surface area contributed by atoms with Crippen LogP contribution in [0.2, 0.25) is 0 Å². The number of ketones is 1. The van der Waals surface area contributed by atoms with Gasteiger partial charge in [0.1, 0.15) is 16.9 Å². The highest BCUT2D eigenvalue weighted by Crippen LogP contribution is 2.41. The Kier molecular flexibility index (Phi) is 3.93. The van der Waals surface area contributed by atoms with Crippen molar-refractivity contribution in [3.8, 4) is 5.75 Å². The fourth-order valence-corrected chi connectivity index (χ4v) is 2.58. The van der Waals surface area contributed by atoms with E-state index in [9.17, 15) is 22.8 Å². The fraction of sp³-hybridized carbons (Fsp3) is 0.429. The second kappa shape index (κ2) is 5.38. The minimum absolute atomic E-state index is 0.000845. The number of methoxy groups -OCH3 is 1. The summed E-state index contributed by atoms with van der Waals surface area (Å²) in [6.45, 7) is 0. The molecule has 0 N–H and O–H groups in total. The van der Waals surface area contributed by atoms with Crippen LogP contribution in [0, 0.1) is 0 Å². The molecule has 0 bridgehead atoms. The number of hydrogen-bond acceptors (Lipinski definition) is 4. The molecule has 0 radical (unpaired) electrons. The number of carbonyl (C=O) groups excluding carboxylic acids is 2. The Morgan fingerprint density at radius 2 is 1.86 bits per heavy atom. The molecule has 0 saturated heterocycles. The number of hydrogen-bond donors (Lipinski definition) is 0. The highest BCUT2D eigenvalue weighted by atomic mass is 19.4. The van der Waals surface area contributed by atoms with E-state index in [1.165, 1.54) is 19.2 Å². The van der Waals surface area contributed by atoms with Crippen LogP contribution in [0.4, 0.5) is 13.2 Å². The minimum Gasteiger partial charge on any atom is -0.468 e. The first-order valence-corrected chi connectivity index (χ1v) is 6.23. The first kappa shape index (κ1) is 15.3. The van der Waals surface area contributed by atoms with Crippen molar-refractivity contribution in [2.45, 2.75) is 31.0 Å². The zero-order chi connectivity index (χ0) is 15.7. The molecule has 0 aliphatic heterocycles. The Morgan fingerprint density at radius 1 is 1.24 bits per heavy atom. The van der Waals surface area contributed by atoms with Crippen LogP contribution < -0.4 is 4.74 Å². The lowest BCUT2D eigenvalue weighted by Gasteiger charge is -2.25. The van der Waals surface area contributed by atoms with Crippen LogP contribution in [0.25, 0.3) is 0 Å². The average molecular weight is 302 g/mol. The van der Waals surface area contributed by atoms with E-state index in [1.54, 1.807) is 0 Å². The number of carbonyl (C=O) groups is 2. The topological polar surface area (TPSA) is 52.6 Å². The molecule has 1 fully saturated rings. The molecule has 7 heteroatoms. The molecule has 1 unspecified atom stereocenters. The molecule has 0 spiro atoms. The van der Waals surface area contributed by atoms with Crippen molar-refractivity contribution in [2.24, 2.45) is 0 Å². The van der Waals surface area contributed by atoms with Crippen LogP contribution in [0.5, 0.6) is 5.75 Å². The van der Waals surface area contributed by atoms with Gasteiger partial charge in [-0.2, -0.15) is 0 Å². The number of alkyl halides is 3. The largest absolute Gasteiger partial charge is 0.573 e. The molecular weight excluding hydrogens is 289 g/mol. The predicted molar refractivity (Wildman–Crippen MR) is 65.7 cm³/mol. The Morgan fingerprint density at radius 3 is 2.29 bits per heavy atom. The maximum absolute atomic E-state index is 12.1. The molecule has 1 atom stereocenters. The van der Waals surface area contributed by atoms with Gasteiger partial charge in [0.2, 0.25) is 0 Å². The number of benzene rings is 1. The summed E-state index contributed by atoms with van der Waals surface area (Å²) < 4.78 is 44.9. The highest BCUT2D eigenvalue weighted by molar-refractivity contribution is 5.94. The van der Waals surface area contributed by atoms with E-state index in [0.717, 1.165) is 12.1 Å². The molecular formula is C14H13F3O4. The lowest BCUT2D eigenvalue weighted by Crippen LogP contribution is -2.34. The van der Waals surface area contributed by atoms with E-state index in [-0.39, 0.29) is 30.8 Å². The third-order valence-corrected chi connectivity index (χ3v) is 3.55. The summed E-state index contributed by atoms with van der Waals surface area (Å²) in [5.74, 6) is -1.01. The molecule has 1 aromatic carbocycles. The molecule has 21 heavy (non-hydrogen) atoms. The third-order valence-electron chi connectivity index (χ3n) is 3.55. The Balaban J connectivity index is 2.30. The van der Waals surface area contributed by atoms with Crippen molar-refractivity contribution in [1.29, 1.82) is 0 Å². The second-order valence-corrected chi connectivity index (χ2v) is 4.86. The van der Waals surface area contributed by atoms with Gasteiger partial charge >= 0.3 is 12.3 Å². The van der Waals surface area contributed by atoms with E-state index in [4.69, 9.17) is 4.74 Å². The smallest absolute Gasteiger partial charge is 0.468 e. The van der Waals surface area contributed by atoms with Gasteiger partial charge in [-0.05, 0) is 24.1 Å². The van der Waals surface area contributed by atoms with Gasteiger partial charge in [-0.1, -0.05) is 12.1 Å². The Labute approximate surface area is 118 Å². The summed E-state index contributed by atoms with van der Waals surface area (Å²) in [6, 6.07) is 4.96. The molecule has 0 aromatic heterocycles. The van der Waals surface area contributed by atoms with Crippen molar-refractivity contribution >= 4 is 11.8 Å². The molecule has 2 rings (SSSR count). The van der Waals surface area contributed by atoms with E-state index in [0.29, 0.717) is 5.56 Å². The van der Waals surface area contributed by atoms with Gasteiger partial charge in [-0.25, -0.2) is 0 Å². The summed E-state index contributed by atoms with van der Waals surface area (Å²) in [4.78, 5) is 23.5. The van der Waals surface area contributed by atoms with Crippen LogP contribution in [0.15, 0.2) is 24.3 Å². The number of esters is 1. The van der Waals surface area contributed by atoms with Crippen molar-refractivity contribution < 1.29 is 32.2 Å². The molecule has 1 aromatic rings. The second-order valence-electron chi connectivity index (χ2n) is 4.86. The summed E-state index contributed by atoms with van der Waals surface area (Å²) in [7, 11) is 1.22. The average Bonchev–Trinajstić information content (AvgIpc) is 2.80. The van der Waals surface area contributed by atoms with Crippen LogP contribution >= 0.6 is 0 Å². The van der Waals surface area contributed by atoms with Crippen LogP contribution in [0.1, 0.15) is 24.8 Å². The molecule has 1 aliphatic carbocycles. The zero-order valence-electron chi connectivity index (χ0n) is 11.2. The SMILES string of the molecule is COC(=O)C1(c2ccc(OC(F)(F)F)cc2)CCC(=O)C1. The fourth-order valence-electron chi connectivity index (χ4n) is 2.58. The maximum atomic E-state index is 12.1. The normalized spacial score (nSPS) is 22.2. The summed E-state index contributed by atoms with van der Waals surface area (Å²) >= 11 is 0. The van der Waals surface area contributed by atoms with E-state index < -0.39 is 17.7 Å². The number of Topliss-reactive ketones (excluding diaryl/α,β-unsaturated/α-hetero) is 1. The van der Waals surface area contributed by atoms with E-state index >= 15 is 0 Å².